The molecule has 3 rings (SSSR count). The lowest BCUT2D eigenvalue weighted by Crippen LogP contribution is -2.41. The highest BCUT2D eigenvalue weighted by Gasteiger charge is 2.37. The molecule has 1 N–H and O–H groups in total. The molecule has 1 aromatic carbocycles. The van der Waals surface area contributed by atoms with Crippen molar-refractivity contribution >= 4 is 23.6 Å². The zero-order valence-corrected chi connectivity index (χ0v) is 13.4. The Morgan fingerprint density at radius 2 is 2.05 bits per heavy atom. The standard InChI is InChI=1S/C17H20N2O2S/c1-19-16(20)9-14(17(19)21)13-7-8-18-10-15(13)22-11-12-5-3-2-4-6-12/h2-6,9,13,15,18H,7-8,10-11H2,1H3. The van der Waals surface area contributed by atoms with Crippen LogP contribution in [-0.4, -0.2) is 42.1 Å². The average Bonchev–Trinajstić information content (AvgIpc) is 2.82. The van der Waals surface area contributed by atoms with E-state index in [4.69, 9.17) is 0 Å². The number of rotatable bonds is 4. The molecule has 0 spiro atoms. The van der Waals surface area contributed by atoms with Crippen LogP contribution in [0.25, 0.3) is 0 Å². The van der Waals surface area contributed by atoms with Gasteiger partial charge in [-0.05, 0) is 18.5 Å². The molecule has 2 unspecified atom stereocenters. The van der Waals surface area contributed by atoms with Crippen molar-refractivity contribution in [2.24, 2.45) is 5.92 Å². The normalized spacial score (nSPS) is 25.5. The van der Waals surface area contributed by atoms with Crippen molar-refractivity contribution in [3.05, 3.63) is 47.5 Å². The monoisotopic (exact) mass is 316 g/mol. The third kappa shape index (κ3) is 3.10. The Bertz CT molecular complexity index is 600. The molecule has 0 radical (unpaired) electrons. The van der Waals surface area contributed by atoms with Crippen LogP contribution >= 0.6 is 11.8 Å². The van der Waals surface area contributed by atoms with Gasteiger partial charge in [0, 0.05) is 42.2 Å². The number of likely N-dealkylation sites (N-methyl/N-ethyl adjacent to an activating group) is 1. The van der Waals surface area contributed by atoms with E-state index in [1.54, 1.807) is 7.05 Å². The van der Waals surface area contributed by atoms with Gasteiger partial charge in [-0.1, -0.05) is 30.3 Å². The van der Waals surface area contributed by atoms with Crippen molar-refractivity contribution in [2.75, 3.05) is 20.1 Å². The predicted molar refractivity (Wildman–Crippen MR) is 88.4 cm³/mol. The van der Waals surface area contributed by atoms with Gasteiger partial charge < -0.3 is 5.32 Å². The number of benzene rings is 1. The second kappa shape index (κ2) is 6.67. The van der Waals surface area contributed by atoms with E-state index in [1.165, 1.54) is 16.5 Å². The van der Waals surface area contributed by atoms with Gasteiger partial charge in [-0.25, -0.2) is 0 Å². The Hall–Kier alpha value is -1.59. The fourth-order valence-electron chi connectivity index (χ4n) is 2.99. The summed E-state index contributed by atoms with van der Waals surface area (Å²) in [6.45, 7) is 1.78. The molecule has 1 fully saturated rings. The van der Waals surface area contributed by atoms with Gasteiger partial charge >= 0.3 is 0 Å². The number of carbonyl (C=O) groups is 2. The molecule has 1 saturated heterocycles. The quantitative estimate of drug-likeness (QED) is 0.861. The van der Waals surface area contributed by atoms with Crippen LogP contribution in [0.3, 0.4) is 0 Å². The molecular weight excluding hydrogens is 296 g/mol. The Labute approximate surface area is 135 Å². The highest BCUT2D eigenvalue weighted by atomic mass is 32.2. The third-order valence-corrected chi connectivity index (χ3v) is 5.72. The van der Waals surface area contributed by atoms with Gasteiger partial charge in [0.25, 0.3) is 11.8 Å². The molecule has 2 aliphatic heterocycles. The molecule has 1 aromatic rings. The minimum Gasteiger partial charge on any atom is -0.316 e. The smallest absolute Gasteiger partial charge is 0.256 e. The summed E-state index contributed by atoms with van der Waals surface area (Å²) in [5.74, 6) is 0.776. The fourth-order valence-corrected chi connectivity index (χ4v) is 4.34. The van der Waals surface area contributed by atoms with E-state index >= 15 is 0 Å². The van der Waals surface area contributed by atoms with Crippen molar-refractivity contribution in [2.45, 2.75) is 17.4 Å². The van der Waals surface area contributed by atoms with Crippen LogP contribution in [0.4, 0.5) is 0 Å². The first-order valence-corrected chi connectivity index (χ1v) is 8.61. The molecule has 0 aromatic heterocycles. The zero-order chi connectivity index (χ0) is 15.5. The second-order valence-electron chi connectivity index (χ2n) is 5.74. The summed E-state index contributed by atoms with van der Waals surface area (Å²) in [6.07, 6.45) is 2.44. The van der Waals surface area contributed by atoms with Gasteiger partial charge in [-0.2, -0.15) is 11.8 Å². The summed E-state index contributed by atoms with van der Waals surface area (Å²) in [7, 11) is 1.56. The summed E-state index contributed by atoms with van der Waals surface area (Å²) in [6, 6.07) is 10.3. The summed E-state index contributed by atoms with van der Waals surface area (Å²) in [5.41, 5.74) is 1.98. The van der Waals surface area contributed by atoms with Crippen LogP contribution in [0.1, 0.15) is 12.0 Å². The van der Waals surface area contributed by atoms with Gasteiger partial charge in [0.1, 0.15) is 0 Å². The maximum absolute atomic E-state index is 12.2. The molecule has 116 valence electrons. The Morgan fingerprint density at radius 3 is 2.73 bits per heavy atom. The number of imide groups is 1. The van der Waals surface area contributed by atoms with Crippen LogP contribution in [0, 0.1) is 5.92 Å². The number of piperidine rings is 1. The van der Waals surface area contributed by atoms with Gasteiger partial charge in [0.15, 0.2) is 0 Å². The van der Waals surface area contributed by atoms with E-state index in [-0.39, 0.29) is 17.7 Å². The SMILES string of the molecule is CN1C(=O)C=C(C2CCNCC2SCc2ccccc2)C1=O. The number of amides is 2. The highest BCUT2D eigenvalue weighted by Crippen LogP contribution is 2.34. The molecule has 0 aliphatic carbocycles. The molecule has 4 nitrogen and oxygen atoms in total. The largest absolute Gasteiger partial charge is 0.316 e. The van der Waals surface area contributed by atoms with Crippen LogP contribution in [0.2, 0.25) is 0 Å². The van der Waals surface area contributed by atoms with Gasteiger partial charge in [-0.3, -0.25) is 14.5 Å². The molecule has 5 heteroatoms. The van der Waals surface area contributed by atoms with Gasteiger partial charge in [-0.15, -0.1) is 0 Å². The Balaban J connectivity index is 1.71. The molecule has 2 heterocycles. The van der Waals surface area contributed by atoms with Crippen molar-refractivity contribution in [3.8, 4) is 0 Å². The number of carbonyl (C=O) groups excluding carboxylic acids is 2. The average molecular weight is 316 g/mol. The predicted octanol–water partition coefficient (Wildman–Crippen LogP) is 1.82. The summed E-state index contributed by atoms with van der Waals surface area (Å²) in [4.78, 5) is 25.2. The molecule has 2 aliphatic rings. The third-order valence-electron chi connectivity index (χ3n) is 4.29. The minimum atomic E-state index is -0.189. The van der Waals surface area contributed by atoms with E-state index in [0.29, 0.717) is 10.8 Å². The number of nitrogens with zero attached hydrogens (tertiary/aromatic N) is 1. The topological polar surface area (TPSA) is 49.4 Å². The maximum Gasteiger partial charge on any atom is 0.256 e. The Kier molecular flexibility index (Phi) is 4.64. The summed E-state index contributed by atoms with van der Waals surface area (Å²) < 4.78 is 0. The van der Waals surface area contributed by atoms with Gasteiger partial charge in [0.2, 0.25) is 0 Å². The second-order valence-corrected chi connectivity index (χ2v) is 6.96. The summed E-state index contributed by atoms with van der Waals surface area (Å²) in [5, 5.41) is 3.73. The van der Waals surface area contributed by atoms with Crippen molar-refractivity contribution in [3.63, 3.8) is 0 Å². The number of nitrogens with one attached hydrogen (secondary N) is 1. The first-order valence-electron chi connectivity index (χ1n) is 7.56. The van der Waals surface area contributed by atoms with Crippen LogP contribution in [0.5, 0.6) is 0 Å². The molecule has 0 saturated carbocycles. The van der Waals surface area contributed by atoms with Crippen LogP contribution in [-0.2, 0) is 15.3 Å². The van der Waals surface area contributed by atoms with Crippen LogP contribution in [0.15, 0.2) is 42.0 Å². The van der Waals surface area contributed by atoms with E-state index in [1.807, 2.05) is 30.0 Å². The molecular formula is C17H20N2O2S. The lowest BCUT2D eigenvalue weighted by Gasteiger charge is -2.32. The first kappa shape index (κ1) is 15.3. The zero-order valence-electron chi connectivity index (χ0n) is 12.6. The van der Waals surface area contributed by atoms with Gasteiger partial charge in [0.05, 0.1) is 0 Å². The lowest BCUT2D eigenvalue weighted by molar-refractivity contribution is -0.135. The first-order chi connectivity index (χ1) is 10.7. The van der Waals surface area contributed by atoms with Crippen molar-refractivity contribution in [1.29, 1.82) is 0 Å². The van der Waals surface area contributed by atoms with Crippen LogP contribution < -0.4 is 5.32 Å². The van der Waals surface area contributed by atoms with E-state index in [0.717, 1.165) is 25.3 Å². The van der Waals surface area contributed by atoms with E-state index in [9.17, 15) is 9.59 Å². The van der Waals surface area contributed by atoms with Crippen molar-refractivity contribution < 1.29 is 9.59 Å². The fraction of sp³-hybridized carbons (Fsp3) is 0.412. The lowest BCUT2D eigenvalue weighted by atomic mass is 9.89. The molecule has 2 amide bonds. The maximum atomic E-state index is 12.2. The molecule has 0 bridgehead atoms. The molecule has 22 heavy (non-hydrogen) atoms. The van der Waals surface area contributed by atoms with E-state index < -0.39 is 0 Å². The highest BCUT2D eigenvalue weighted by molar-refractivity contribution is 7.99. The Morgan fingerprint density at radius 1 is 1.27 bits per heavy atom. The number of hydrogen-bond acceptors (Lipinski definition) is 4. The van der Waals surface area contributed by atoms with Crippen molar-refractivity contribution in [1.82, 2.24) is 10.2 Å². The van der Waals surface area contributed by atoms with E-state index in [2.05, 4.69) is 17.4 Å². The minimum absolute atomic E-state index is 0.123. The summed E-state index contributed by atoms with van der Waals surface area (Å²) >= 11 is 1.86. The molecule has 2 atom stereocenters. The number of hydrogen-bond donors (Lipinski definition) is 1. The number of thioether (sulfide) groups is 1.